The fourth-order valence-corrected chi connectivity index (χ4v) is 2.42. The number of nitrogens with zero attached hydrogens (tertiary/aromatic N) is 3. The molecular formula is C12H9FN4OS. The van der Waals surface area contributed by atoms with Crippen LogP contribution in [0.1, 0.15) is 0 Å². The number of nitrogens with one attached hydrogen (secondary N) is 1. The summed E-state index contributed by atoms with van der Waals surface area (Å²) in [6.07, 6.45) is 1.42. The maximum Gasteiger partial charge on any atom is 0.184 e. The van der Waals surface area contributed by atoms with Crippen LogP contribution in [0.15, 0.2) is 29.9 Å². The molecule has 0 saturated carbocycles. The number of aromatic nitrogens is 4. The van der Waals surface area contributed by atoms with Crippen molar-refractivity contribution in [1.29, 1.82) is 0 Å². The van der Waals surface area contributed by atoms with Gasteiger partial charge in [0.05, 0.1) is 12.8 Å². The molecule has 0 spiro atoms. The Morgan fingerprint density at radius 2 is 2.26 bits per heavy atom. The molecule has 2 aromatic heterocycles. The van der Waals surface area contributed by atoms with Crippen LogP contribution in [0, 0.1) is 5.82 Å². The minimum atomic E-state index is -0.408. The topological polar surface area (TPSA) is 63.7 Å². The van der Waals surface area contributed by atoms with Crippen molar-refractivity contribution in [1.82, 2.24) is 20.2 Å². The van der Waals surface area contributed by atoms with Crippen LogP contribution in [-0.2, 0) is 0 Å². The maximum absolute atomic E-state index is 13.6. The summed E-state index contributed by atoms with van der Waals surface area (Å²) < 4.78 is 18.5. The Kier molecular flexibility index (Phi) is 2.96. The zero-order valence-electron chi connectivity index (χ0n) is 9.92. The average molecular weight is 276 g/mol. The number of ether oxygens (including phenoxy) is 1. The maximum atomic E-state index is 13.6. The van der Waals surface area contributed by atoms with Crippen molar-refractivity contribution in [2.45, 2.75) is 0 Å². The first-order chi connectivity index (χ1) is 9.28. The van der Waals surface area contributed by atoms with E-state index in [1.165, 1.54) is 30.8 Å². The van der Waals surface area contributed by atoms with E-state index in [2.05, 4.69) is 20.2 Å². The van der Waals surface area contributed by atoms with Gasteiger partial charge in [-0.2, -0.15) is 5.10 Å². The van der Waals surface area contributed by atoms with E-state index in [0.29, 0.717) is 22.1 Å². The molecule has 0 aliphatic rings. The van der Waals surface area contributed by atoms with E-state index in [-0.39, 0.29) is 5.75 Å². The van der Waals surface area contributed by atoms with Gasteiger partial charge in [0.1, 0.15) is 6.33 Å². The summed E-state index contributed by atoms with van der Waals surface area (Å²) in [6.45, 7) is 0. The van der Waals surface area contributed by atoms with Gasteiger partial charge >= 0.3 is 0 Å². The molecule has 0 fully saturated rings. The number of thiazole rings is 1. The van der Waals surface area contributed by atoms with Gasteiger partial charge in [-0.25, -0.2) is 14.4 Å². The third-order valence-corrected chi connectivity index (χ3v) is 3.42. The number of halogens is 1. The van der Waals surface area contributed by atoms with Crippen molar-refractivity contribution in [3.63, 3.8) is 0 Å². The summed E-state index contributed by atoms with van der Waals surface area (Å²) in [4.78, 5) is 8.42. The zero-order valence-corrected chi connectivity index (χ0v) is 10.7. The summed E-state index contributed by atoms with van der Waals surface area (Å²) in [5.41, 5.74) is 1.39. The summed E-state index contributed by atoms with van der Waals surface area (Å²) in [5, 5.41) is 9.07. The van der Waals surface area contributed by atoms with Gasteiger partial charge in [-0.1, -0.05) is 0 Å². The Hall–Kier alpha value is -2.28. The lowest BCUT2D eigenvalue weighted by Gasteiger charge is -2.02. The molecule has 96 valence electrons. The number of hydrogen-bond acceptors (Lipinski definition) is 5. The third kappa shape index (κ3) is 2.19. The van der Waals surface area contributed by atoms with Gasteiger partial charge in [0.2, 0.25) is 0 Å². The second-order valence-corrected chi connectivity index (χ2v) is 4.58. The molecule has 0 atom stereocenters. The highest BCUT2D eigenvalue weighted by molar-refractivity contribution is 7.13. The second kappa shape index (κ2) is 4.77. The number of methoxy groups -OCH3 is 1. The van der Waals surface area contributed by atoms with E-state index in [4.69, 9.17) is 4.74 Å². The minimum absolute atomic E-state index is 0.217. The first kappa shape index (κ1) is 11.8. The molecule has 0 aliphatic carbocycles. The number of H-pyrrole nitrogens is 1. The van der Waals surface area contributed by atoms with Crippen molar-refractivity contribution in [3.8, 4) is 27.8 Å². The van der Waals surface area contributed by atoms with Crippen LogP contribution in [0.2, 0.25) is 0 Å². The molecule has 0 saturated heterocycles. The molecule has 5 nitrogen and oxygen atoms in total. The van der Waals surface area contributed by atoms with Gasteiger partial charge in [-0.15, -0.1) is 11.3 Å². The average Bonchev–Trinajstić information content (AvgIpc) is 3.09. The van der Waals surface area contributed by atoms with Crippen LogP contribution >= 0.6 is 11.3 Å². The fraction of sp³-hybridized carbons (Fsp3) is 0.0833. The van der Waals surface area contributed by atoms with Crippen molar-refractivity contribution >= 4 is 11.3 Å². The van der Waals surface area contributed by atoms with Gasteiger partial charge in [0, 0.05) is 10.9 Å². The molecule has 1 N–H and O–H groups in total. The molecule has 0 bridgehead atoms. The molecule has 0 unspecified atom stereocenters. The minimum Gasteiger partial charge on any atom is -0.494 e. The third-order valence-electron chi connectivity index (χ3n) is 2.57. The number of rotatable bonds is 3. The number of benzene rings is 1. The van der Waals surface area contributed by atoms with Crippen molar-refractivity contribution in [2.75, 3.05) is 7.11 Å². The molecule has 2 heterocycles. The monoisotopic (exact) mass is 276 g/mol. The highest BCUT2D eigenvalue weighted by Gasteiger charge is 2.11. The predicted octanol–water partition coefficient (Wildman–Crippen LogP) is 2.74. The molecule has 3 rings (SSSR count). The van der Waals surface area contributed by atoms with Gasteiger partial charge < -0.3 is 4.74 Å². The first-order valence-electron chi connectivity index (χ1n) is 5.43. The van der Waals surface area contributed by atoms with Crippen LogP contribution in [0.3, 0.4) is 0 Å². The van der Waals surface area contributed by atoms with Gasteiger partial charge in [0.25, 0.3) is 0 Å². The Morgan fingerprint density at radius 1 is 1.37 bits per heavy atom. The zero-order chi connectivity index (χ0) is 13.2. The summed E-state index contributed by atoms with van der Waals surface area (Å²) in [6, 6.07) is 4.75. The summed E-state index contributed by atoms with van der Waals surface area (Å²) in [7, 11) is 1.43. The van der Waals surface area contributed by atoms with Gasteiger partial charge in [-0.05, 0) is 18.2 Å². The molecule has 19 heavy (non-hydrogen) atoms. The SMILES string of the molecule is COc1ccc(-c2csc(-c3ncn[nH]3)n2)cc1F. The largest absolute Gasteiger partial charge is 0.494 e. The van der Waals surface area contributed by atoms with E-state index < -0.39 is 5.82 Å². The number of hydrogen-bond donors (Lipinski definition) is 1. The van der Waals surface area contributed by atoms with Crippen molar-refractivity contribution < 1.29 is 9.13 Å². The standard InChI is InChI=1S/C12H9FN4OS/c1-18-10-3-2-7(4-8(10)13)9-5-19-12(16-9)11-14-6-15-17-11/h2-6H,1H3,(H,14,15,17). The van der Waals surface area contributed by atoms with Crippen molar-refractivity contribution in [2.24, 2.45) is 0 Å². The lowest BCUT2D eigenvalue weighted by molar-refractivity contribution is 0.386. The predicted molar refractivity (Wildman–Crippen MR) is 69.4 cm³/mol. The first-order valence-corrected chi connectivity index (χ1v) is 6.31. The lowest BCUT2D eigenvalue weighted by atomic mass is 10.1. The van der Waals surface area contributed by atoms with Crippen LogP contribution in [0.25, 0.3) is 22.1 Å². The molecule has 1 aromatic carbocycles. The highest BCUT2D eigenvalue weighted by Crippen LogP contribution is 2.29. The van der Waals surface area contributed by atoms with E-state index in [1.807, 2.05) is 5.38 Å². The Balaban J connectivity index is 1.97. The smallest absolute Gasteiger partial charge is 0.184 e. The van der Waals surface area contributed by atoms with E-state index in [9.17, 15) is 4.39 Å². The molecule has 7 heteroatoms. The number of aromatic amines is 1. The van der Waals surface area contributed by atoms with Crippen LogP contribution in [-0.4, -0.2) is 27.3 Å². The lowest BCUT2D eigenvalue weighted by Crippen LogP contribution is -1.88. The Bertz CT molecular complexity index is 696. The van der Waals surface area contributed by atoms with E-state index in [1.54, 1.807) is 12.1 Å². The molecular weight excluding hydrogens is 267 g/mol. The van der Waals surface area contributed by atoms with Crippen LogP contribution in [0.5, 0.6) is 5.75 Å². The van der Waals surface area contributed by atoms with Crippen LogP contribution < -0.4 is 4.74 Å². The molecule has 0 radical (unpaired) electrons. The van der Waals surface area contributed by atoms with Gasteiger partial charge in [0.15, 0.2) is 22.4 Å². The summed E-state index contributed by atoms with van der Waals surface area (Å²) in [5.74, 6) is 0.411. The normalized spacial score (nSPS) is 10.6. The molecule has 3 aromatic rings. The van der Waals surface area contributed by atoms with E-state index >= 15 is 0 Å². The Morgan fingerprint density at radius 3 is 2.95 bits per heavy atom. The van der Waals surface area contributed by atoms with Crippen molar-refractivity contribution in [3.05, 3.63) is 35.7 Å². The highest BCUT2D eigenvalue weighted by atomic mass is 32.1. The fourth-order valence-electron chi connectivity index (χ4n) is 1.65. The van der Waals surface area contributed by atoms with Gasteiger partial charge in [-0.3, -0.25) is 5.10 Å². The Labute approximate surface area is 112 Å². The quantitative estimate of drug-likeness (QED) is 0.799. The second-order valence-electron chi connectivity index (χ2n) is 3.72. The molecule has 0 aliphatic heterocycles. The summed E-state index contributed by atoms with van der Waals surface area (Å²) >= 11 is 1.42. The van der Waals surface area contributed by atoms with E-state index in [0.717, 1.165) is 0 Å². The van der Waals surface area contributed by atoms with Crippen LogP contribution in [0.4, 0.5) is 4.39 Å². The molecule has 0 amide bonds.